The Morgan fingerprint density at radius 2 is 1.89 bits per heavy atom. The van der Waals surface area contributed by atoms with E-state index in [0.29, 0.717) is 43.2 Å². The van der Waals surface area contributed by atoms with Crippen LogP contribution in [-0.2, 0) is 26.3 Å². The van der Waals surface area contributed by atoms with E-state index in [2.05, 4.69) is 10.4 Å². The van der Waals surface area contributed by atoms with Crippen LogP contribution >= 0.6 is 23.4 Å². The number of benzene rings is 3. The molecule has 242 valence electrons. The molecule has 0 spiro atoms. The van der Waals surface area contributed by atoms with Crippen LogP contribution in [0.4, 0.5) is 11.4 Å². The third kappa shape index (κ3) is 8.91. The number of thioether (sulfide) groups is 1. The standard InChI is InChI=1S/C33H35ClN4O6S2/c1-23-28(34)10-4-12-30(23)44-16-5-14-32(40)38-15-17-45-33-27(9-3-11-29(33)38)25-20-35-37(22-25)21-24-7-2-8-26(19-24)36-31(39)13-6-18-46(41,42)43/h2-4,7-12,19-20,22H,5-6,13-18,21H2,1H3,(H,36,39)(H,41,42,43). The molecular weight excluding hydrogens is 648 g/mol. The number of nitrogens with one attached hydrogen (secondary N) is 1. The zero-order valence-corrected chi connectivity index (χ0v) is 27.7. The average molecular weight is 683 g/mol. The molecule has 1 aromatic heterocycles. The second-order valence-corrected chi connectivity index (χ2v) is 14.0. The highest BCUT2D eigenvalue weighted by molar-refractivity contribution is 7.99. The minimum absolute atomic E-state index is 0.0208. The fraction of sp³-hybridized carbons (Fsp3) is 0.303. The van der Waals surface area contributed by atoms with Crippen molar-refractivity contribution in [1.29, 1.82) is 0 Å². The van der Waals surface area contributed by atoms with Gasteiger partial charge in [-0.05, 0) is 55.7 Å². The first-order valence-corrected chi connectivity index (χ1v) is 17.9. The second-order valence-electron chi connectivity index (χ2n) is 10.9. The van der Waals surface area contributed by atoms with E-state index >= 15 is 0 Å². The Kier molecular flexibility index (Phi) is 11.1. The summed E-state index contributed by atoms with van der Waals surface area (Å²) in [5, 5.41) is 7.99. The quantitative estimate of drug-likeness (QED) is 0.121. The van der Waals surface area contributed by atoms with Crippen molar-refractivity contribution in [3.8, 4) is 16.9 Å². The van der Waals surface area contributed by atoms with E-state index in [-0.39, 0.29) is 24.7 Å². The number of amides is 2. The van der Waals surface area contributed by atoms with Gasteiger partial charge in [-0.15, -0.1) is 11.8 Å². The van der Waals surface area contributed by atoms with Gasteiger partial charge in [0.25, 0.3) is 10.1 Å². The van der Waals surface area contributed by atoms with E-state index in [4.69, 9.17) is 20.9 Å². The summed E-state index contributed by atoms with van der Waals surface area (Å²) in [5.41, 5.74) is 5.24. The molecule has 3 aromatic carbocycles. The van der Waals surface area contributed by atoms with E-state index < -0.39 is 15.9 Å². The summed E-state index contributed by atoms with van der Waals surface area (Å²) in [5.74, 6) is 0.792. The molecule has 2 amide bonds. The van der Waals surface area contributed by atoms with Gasteiger partial charge in [0.05, 0.1) is 30.8 Å². The molecule has 0 saturated carbocycles. The van der Waals surface area contributed by atoms with Gasteiger partial charge < -0.3 is 15.0 Å². The molecule has 1 aliphatic rings. The summed E-state index contributed by atoms with van der Waals surface area (Å²) >= 11 is 7.92. The normalized spacial score (nSPS) is 12.9. The van der Waals surface area contributed by atoms with Gasteiger partial charge >= 0.3 is 0 Å². The van der Waals surface area contributed by atoms with Gasteiger partial charge in [-0.3, -0.25) is 18.8 Å². The molecule has 0 atom stereocenters. The molecule has 0 unspecified atom stereocenters. The second kappa shape index (κ2) is 15.2. The zero-order valence-electron chi connectivity index (χ0n) is 25.3. The fourth-order valence-electron chi connectivity index (χ4n) is 5.18. The number of carbonyl (C=O) groups is 2. The van der Waals surface area contributed by atoms with Crippen LogP contribution in [0.2, 0.25) is 5.02 Å². The maximum atomic E-state index is 13.3. The number of anilines is 2. The molecular formula is C33H35ClN4O6S2. The Morgan fingerprint density at radius 1 is 1.09 bits per heavy atom. The summed E-state index contributed by atoms with van der Waals surface area (Å²) in [6.45, 7) is 3.45. The summed E-state index contributed by atoms with van der Waals surface area (Å²) in [4.78, 5) is 28.4. The highest BCUT2D eigenvalue weighted by Gasteiger charge is 2.25. The molecule has 0 fully saturated rings. The highest BCUT2D eigenvalue weighted by atomic mass is 35.5. The molecule has 10 nitrogen and oxygen atoms in total. The van der Waals surface area contributed by atoms with Crippen LogP contribution in [0.1, 0.15) is 36.8 Å². The van der Waals surface area contributed by atoms with Crippen molar-refractivity contribution in [2.45, 2.75) is 44.0 Å². The fourth-order valence-corrected chi connectivity index (χ4v) is 7.00. The van der Waals surface area contributed by atoms with Gasteiger partial charge in [0, 0.05) is 63.6 Å². The lowest BCUT2D eigenvalue weighted by Gasteiger charge is -2.30. The Bertz CT molecular complexity index is 1830. The summed E-state index contributed by atoms with van der Waals surface area (Å²) in [7, 11) is -4.09. The predicted molar refractivity (Wildman–Crippen MR) is 181 cm³/mol. The Morgan fingerprint density at radius 3 is 2.72 bits per heavy atom. The Balaban J connectivity index is 1.20. The van der Waals surface area contributed by atoms with Gasteiger partial charge in [-0.1, -0.05) is 41.9 Å². The third-order valence-corrected chi connectivity index (χ3v) is 9.78. The number of nitrogens with zero attached hydrogens (tertiary/aromatic N) is 3. The van der Waals surface area contributed by atoms with Crippen LogP contribution in [0.25, 0.3) is 11.1 Å². The van der Waals surface area contributed by atoms with Crippen LogP contribution < -0.4 is 15.0 Å². The largest absolute Gasteiger partial charge is 0.493 e. The van der Waals surface area contributed by atoms with Crippen molar-refractivity contribution in [3.63, 3.8) is 0 Å². The van der Waals surface area contributed by atoms with Crippen molar-refractivity contribution >= 4 is 56.7 Å². The SMILES string of the molecule is Cc1c(Cl)cccc1OCCCC(=O)N1CCSc2c(-c3cnn(Cc4cccc(NC(=O)CCCS(=O)(=O)O)c4)c3)cccc21. The molecule has 46 heavy (non-hydrogen) atoms. The smallest absolute Gasteiger partial charge is 0.264 e. The summed E-state index contributed by atoms with van der Waals surface area (Å²) in [6, 6.07) is 18.9. The number of carbonyl (C=O) groups excluding carboxylic acids is 2. The topological polar surface area (TPSA) is 131 Å². The molecule has 0 bridgehead atoms. The van der Waals surface area contributed by atoms with E-state index in [9.17, 15) is 18.0 Å². The number of ether oxygens (including phenoxy) is 1. The molecule has 0 radical (unpaired) electrons. The van der Waals surface area contributed by atoms with Crippen molar-refractivity contribution < 1.29 is 27.3 Å². The number of rotatable bonds is 13. The van der Waals surface area contributed by atoms with E-state index in [1.54, 1.807) is 17.8 Å². The van der Waals surface area contributed by atoms with Crippen LogP contribution in [0.3, 0.4) is 0 Å². The van der Waals surface area contributed by atoms with Gasteiger partial charge in [0.1, 0.15) is 5.75 Å². The molecule has 5 rings (SSSR count). The minimum atomic E-state index is -4.09. The zero-order chi connectivity index (χ0) is 32.7. The van der Waals surface area contributed by atoms with Crippen molar-refractivity contribution in [3.05, 3.63) is 89.2 Å². The van der Waals surface area contributed by atoms with Crippen molar-refractivity contribution in [1.82, 2.24) is 9.78 Å². The number of halogens is 1. The van der Waals surface area contributed by atoms with Crippen molar-refractivity contribution in [2.75, 3.05) is 34.9 Å². The average Bonchev–Trinajstić information content (AvgIpc) is 3.48. The molecule has 1 aliphatic heterocycles. The lowest BCUT2D eigenvalue weighted by atomic mass is 10.1. The molecule has 2 heterocycles. The lowest BCUT2D eigenvalue weighted by molar-refractivity contribution is -0.119. The molecule has 2 N–H and O–H groups in total. The van der Waals surface area contributed by atoms with Gasteiger partial charge in [0.2, 0.25) is 11.8 Å². The molecule has 13 heteroatoms. The maximum absolute atomic E-state index is 13.3. The summed E-state index contributed by atoms with van der Waals surface area (Å²) in [6.07, 6.45) is 4.76. The van der Waals surface area contributed by atoms with Crippen LogP contribution in [0, 0.1) is 6.92 Å². The Hall–Kier alpha value is -3.84. The minimum Gasteiger partial charge on any atom is -0.493 e. The van der Waals surface area contributed by atoms with Gasteiger partial charge in [-0.25, -0.2) is 0 Å². The van der Waals surface area contributed by atoms with Crippen LogP contribution in [0.5, 0.6) is 5.75 Å². The molecule has 0 saturated heterocycles. The first-order chi connectivity index (χ1) is 22.1. The first kappa shape index (κ1) is 33.5. The summed E-state index contributed by atoms with van der Waals surface area (Å²) < 4.78 is 38.3. The van der Waals surface area contributed by atoms with Gasteiger partial charge in [-0.2, -0.15) is 13.5 Å². The number of fused-ring (bicyclic) bond motifs is 1. The van der Waals surface area contributed by atoms with Crippen LogP contribution in [0.15, 0.2) is 78.0 Å². The third-order valence-electron chi connectivity index (χ3n) is 7.46. The monoisotopic (exact) mass is 682 g/mol. The number of aromatic nitrogens is 2. The highest BCUT2D eigenvalue weighted by Crippen LogP contribution is 2.42. The van der Waals surface area contributed by atoms with Crippen LogP contribution in [-0.4, -0.2) is 59.2 Å². The van der Waals surface area contributed by atoms with Crippen molar-refractivity contribution in [2.24, 2.45) is 0 Å². The number of hydrogen-bond acceptors (Lipinski definition) is 7. The molecule has 4 aromatic rings. The van der Waals surface area contributed by atoms with E-state index in [1.807, 2.05) is 83.5 Å². The number of hydrogen-bond donors (Lipinski definition) is 2. The van der Waals surface area contributed by atoms with E-state index in [1.165, 1.54) is 0 Å². The molecule has 0 aliphatic carbocycles. The lowest BCUT2D eigenvalue weighted by Crippen LogP contribution is -2.35. The predicted octanol–water partition coefficient (Wildman–Crippen LogP) is 6.46. The Labute approximate surface area is 277 Å². The van der Waals surface area contributed by atoms with Gasteiger partial charge in [0.15, 0.2) is 0 Å². The first-order valence-electron chi connectivity index (χ1n) is 14.9. The maximum Gasteiger partial charge on any atom is 0.264 e. The van der Waals surface area contributed by atoms with E-state index in [0.717, 1.165) is 44.3 Å².